The van der Waals surface area contributed by atoms with Crippen LogP contribution in [0.1, 0.15) is 23.6 Å². The molecule has 1 amide bonds. The fourth-order valence-corrected chi connectivity index (χ4v) is 4.66. The van der Waals surface area contributed by atoms with E-state index in [4.69, 9.17) is 0 Å². The molecule has 4 aromatic rings. The summed E-state index contributed by atoms with van der Waals surface area (Å²) < 4.78 is 2.97. The number of thiophene rings is 1. The number of anilines is 1. The molecule has 0 atom stereocenters. The number of rotatable bonds is 5. The number of hydrogen-bond donors (Lipinski definition) is 1. The molecule has 2 aromatic carbocycles. The highest BCUT2D eigenvalue weighted by Gasteiger charge is 2.18. The molecule has 0 spiro atoms. The molecule has 0 unspecified atom stereocenters. The zero-order chi connectivity index (χ0) is 22.1. The summed E-state index contributed by atoms with van der Waals surface area (Å²) >= 11 is 1.27. The Hall–Kier alpha value is -3.45. The number of hydrogen-bond acceptors (Lipinski definition) is 4. The summed E-state index contributed by atoms with van der Waals surface area (Å²) in [7, 11) is 0. The average molecular weight is 434 g/mol. The largest absolute Gasteiger partial charge is 0.336 e. The van der Waals surface area contributed by atoms with E-state index in [2.05, 4.69) is 5.32 Å². The molecule has 0 saturated carbocycles. The van der Waals surface area contributed by atoms with Crippen molar-refractivity contribution >= 4 is 33.1 Å². The Bertz CT molecular complexity index is 1390. The van der Waals surface area contributed by atoms with E-state index < -0.39 is 5.69 Å². The Kier molecular flexibility index (Phi) is 5.61. The van der Waals surface area contributed by atoms with Crippen LogP contribution < -0.4 is 16.6 Å². The SMILES string of the molecule is CCc1ccccc1NC(=O)Cn1c(=O)n(-c2cc(C)cc(C)c2)c(=O)c2sccc21. The first-order chi connectivity index (χ1) is 14.9. The lowest BCUT2D eigenvalue weighted by atomic mass is 10.1. The fraction of sp³-hybridized carbons (Fsp3) is 0.208. The van der Waals surface area contributed by atoms with E-state index in [1.54, 1.807) is 23.6 Å². The van der Waals surface area contributed by atoms with E-state index in [9.17, 15) is 14.4 Å². The van der Waals surface area contributed by atoms with Crippen LogP contribution in [-0.4, -0.2) is 15.0 Å². The molecule has 6 nitrogen and oxygen atoms in total. The summed E-state index contributed by atoms with van der Waals surface area (Å²) in [5.41, 5.74) is 3.73. The van der Waals surface area contributed by atoms with Gasteiger partial charge in [0, 0.05) is 5.69 Å². The molecule has 158 valence electrons. The van der Waals surface area contributed by atoms with Gasteiger partial charge in [0.25, 0.3) is 5.56 Å². The maximum Gasteiger partial charge on any atom is 0.336 e. The number of benzene rings is 2. The smallest absolute Gasteiger partial charge is 0.324 e. The third-order valence-electron chi connectivity index (χ3n) is 5.19. The first-order valence-corrected chi connectivity index (χ1v) is 11.0. The number of aryl methyl sites for hydroxylation is 3. The summed E-state index contributed by atoms with van der Waals surface area (Å²) in [6.45, 7) is 5.67. The van der Waals surface area contributed by atoms with E-state index in [1.807, 2.05) is 51.1 Å². The zero-order valence-corrected chi connectivity index (χ0v) is 18.5. The van der Waals surface area contributed by atoms with Gasteiger partial charge in [-0.2, -0.15) is 0 Å². The van der Waals surface area contributed by atoms with Crippen LogP contribution in [0.3, 0.4) is 0 Å². The number of nitrogens with zero attached hydrogens (tertiary/aromatic N) is 2. The maximum absolute atomic E-state index is 13.4. The molecule has 1 N–H and O–H groups in total. The molecule has 0 aliphatic heterocycles. The molecule has 7 heteroatoms. The standard InChI is InChI=1S/C24H23N3O3S/c1-4-17-7-5-6-8-19(17)25-21(28)14-26-20-9-10-31-22(20)23(29)27(24(26)30)18-12-15(2)11-16(3)13-18/h5-13H,4,14H2,1-3H3,(H,25,28). The van der Waals surface area contributed by atoms with Gasteiger partial charge in [-0.3, -0.25) is 14.2 Å². The first-order valence-electron chi connectivity index (χ1n) is 10.1. The third-order valence-corrected chi connectivity index (χ3v) is 6.09. The summed E-state index contributed by atoms with van der Waals surface area (Å²) in [6.07, 6.45) is 0.781. The molecule has 2 aromatic heterocycles. The van der Waals surface area contributed by atoms with Crippen molar-refractivity contribution in [3.8, 4) is 5.69 Å². The number of para-hydroxylation sites is 1. The Morgan fingerprint density at radius 1 is 1.03 bits per heavy atom. The van der Waals surface area contributed by atoms with Crippen LogP contribution in [0.15, 0.2) is 63.5 Å². The number of amides is 1. The lowest BCUT2D eigenvalue weighted by Crippen LogP contribution is -2.40. The monoisotopic (exact) mass is 433 g/mol. The van der Waals surface area contributed by atoms with Gasteiger partial charge in [0.15, 0.2) is 0 Å². The molecular weight excluding hydrogens is 410 g/mol. The van der Waals surface area contributed by atoms with Gasteiger partial charge in [-0.25, -0.2) is 9.36 Å². The minimum Gasteiger partial charge on any atom is -0.324 e. The van der Waals surface area contributed by atoms with E-state index >= 15 is 0 Å². The van der Waals surface area contributed by atoms with Gasteiger partial charge in [-0.15, -0.1) is 11.3 Å². The minimum atomic E-state index is -0.528. The van der Waals surface area contributed by atoms with Crippen LogP contribution >= 0.6 is 11.3 Å². The minimum absolute atomic E-state index is 0.185. The predicted octanol–water partition coefficient (Wildman–Crippen LogP) is 4.03. The Morgan fingerprint density at radius 3 is 2.45 bits per heavy atom. The molecule has 31 heavy (non-hydrogen) atoms. The molecular formula is C24H23N3O3S. The second-order valence-electron chi connectivity index (χ2n) is 7.55. The molecule has 0 fully saturated rings. The van der Waals surface area contributed by atoms with Gasteiger partial charge in [0.2, 0.25) is 5.91 Å². The van der Waals surface area contributed by atoms with Gasteiger partial charge < -0.3 is 5.32 Å². The second kappa shape index (κ2) is 8.35. The van der Waals surface area contributed by atoms with Gasteiger partial charge in [-0.05, 0) is 66.6 Å². The molecule has 0 aliphatic carbocycles. The molecule has 0 bridgehead atoms. The van der Waals surface area contributed by atoms with Crippen molar-refractivity contribution in [2.45, 2.75) is 33.7 Å². The molecule has 0 saturated heterocycles. The van der Waals surface area contributed by atoms with Crippen LogP contribution in [0.2, 0.25) is 0 Å². The van der Waals surface area contributed by atoms with Crippen molar-refractivity contribution in [1.82, 2.24) is 9.13 Å². The third kappa shape index (κ3) is 3.96. The molecule has 4 rings (SSSR count). The topological polar surface area (TPSA) is 73.1 Å². The first kappa shape index (κ1) is 20.8. The van der Waals surface area contributed by atoms with Crippen molar-refractivity contribution in [2.75, 3.05) is 5.32 Å². The summed E-state index contributed by atoms with van der Waals surface area (Å²) in [4.78, 5) is 39.3. The summed E-state index contributed by atoms with van der Waals surface area (Å²) in [6, 6.07) is 14.9. The van der Waals surface area contributed by atoms with E-state index in [0.717, 1.165) is 33.4 Å². The second-order valence-corrected chi connectivity index (χ2v) is 8.47. The summed E-state index contributed by atoms with van der Waals surface area (Å²) in [5, 5.41) is 4.67. The number of fused-ring (bicyclic) bond motifs is 1. The van der Waals surface area contributed by atoms with Crippen molar-refractivity contribution in [2.24, 2.45) is 0 Å². The molecule has 2 heterocycles. The number of carbonyl (C=O) groups is 1. The molecule has 0 aliphatic rings. The van der Waals surface area contributed by atoms with Crippen molar-refractivity contribution in [1.29, 1.82) is 0 Å². The van der Waals surface area contributed by atoms with Gasteiger partial charge >= 0.3 is 5.69 Å². The van der Waals surface area contributed by atoms with Crippen LogP contribution in [-0.2, 0) is 17.8 Å². The Labute approximate surface area is 183 Å². The Morgan fingerprint density at radius 2 is 1.74 bits per heavy atom. The fourth-order valence-electron chi connectivity index (χ4n) is 3.83. The number of aromatic nitrogens is 2. The number of nitrogens with one attached hydrogen (secondary N) is 1. The van der Waals surface area contributed by atoms with Gasteiger partial charge in [0.1, 0.15) is 11.2 Å². The molecule has 0 radical (unpaired) electrons. The maximum atomic E-state index is 13.4. The van der Waals surface area contributed by atoms with Crippen LogP contribution in [0.25, 0.3) is 15.9 Å². The summed E-state index contributed by atoms with van der Waals surface area (Å²) in [5.74, 6) is -0.318. The van der Waals surface area contributed by atoms with Crippen LogP contribution in [0, 0.1) is 13.8 Å². The lowest BCUT2D eigenvalue weighted by Gasteiger charge is -2.14. The van der Waals surface area contributed by atoms with E-state index in [-0.39, 0.29) is 18.0 Å². The number of carbonyl (C=O) groups excluding carboxylic acids is 1. The average Bonchev–Trinajstić information content (AvgIpc) is 3.21. The normalized spacial score (nSPS) is 11.1. The highest BCUT2D eigenvalue weighted by Crippen LogP contribution is 2.19. The van der Waals surface area contributed by atoms with Crippen molar-refractivity contribution in [3.05, 3.63) is 91.4 Å². The van der Waals surface area contributed by atoms with Gasteiger partial charge in [-0.1, -0.05) is 31.2 Å². The van der Waals surface area contributed by atoms with Crippen LogP contribution in [0.4, 0.5) is 5.69 Å². The Balaban J connectivity index is 1.81. The van der Waals surface area contributed by atoms with Crippen molar-refractivity contribution < 1.29 is 4.79 Å². The van der Waals surface area contributed by atoms with Crippen molar-refractivity contribution in [3.63, 3.8) is 0 Å². The highest BCUT2D eigenvalue weighted by molar-refractivity contribution is 7.17. The zero-order valence-electron chi connectivity index (χ0n) is 17.6. The van der Waals surface area contributed by atoms with E-state index in [1.165, 1.54) is 15.9 Å². The quantitative estimate of drug-likeness (QED) is 0.516. The highest BCUT2D eigenvalue weighted by atomic mass is 32.1. The lowest BCUT2D eigenvalue weighted by molar-refractivity contribution is -0.116. The van der Waals surface area contributed by atoms with Crippen LogP contribution in [0.5, 0.6) is 0 Å². The van der Waals surface area contributed by atoms with E-state index in [0.29, 0.717) is 15.9 Å². The van der Waals surface area contributed by atoms with Gasteiger partial charge in [0.05, 0.1) is 11.2 Å². The predicted molar refractivity (Wildman–Crippen MR) is 126 cm³/mol.